The molecule has 0 bridgehead atoms. The average Bonchev–Trinajstić information content (AvgIpc) is 2.45. The summed E-state index contributed by atoms with van der Waals surface area (Å²) in [5, 5.41) is 0. The number of aryl methyl sites for hydroxylation is 2. The molecule has 0 radical (unpaired) electrons. The van der Waals surface area contributed by atoms with Crippen LogP contribution in [-0.2, 0) is 0 Å². The molecule has 0 aliphatic heterocycles. The number of carbonyl (C=O) groups excluding carboxylic acids is 1. The first-order chi connectivity index (χ1) is 9.97. The Morgan fingerprint density at radius 3 is 2.14 bits per heavy atom. The average molecular weight is 288 g/mol. The smallest absolute Gasteiger partial charge is 0.197 e. The Morgan fingerprint density at radius 1 is 1.00 bits per heavy atom. The number of carbonyl (C=O) groups is 1. The van der Waals surface area contributed by atoms with Gasteiger partial charge in [-0.25, -0.2) is 4.39 Å². The fourth-order valence-electron chi connectivity index (χ4n) is 2.39. The number of hydrogen-bond donors (Lipinski definition) is 0. The number of ketones is 1. The van der Waals surface area contributed by atoms with Crippen molar-refractivity contribution in [2.75, 3.05) is 14.2 Å². The molecule has 0 unspecified atom stereocenters. The third kappa shape index (κ3) is 2.89. The highest BCUT2D eigenvalue weighted by molar-refractivity contribution is 6.12. The van der Waals surface area contributed by atoms with Gasteiger partial charge in [-0.15, -0.1) is 0 Å². The summed E-state index contributed by atoms with van der Waals surface area (Å²) in [6.45, 7) is 3.44. The monoisotopic (exact) mass is 288 g/mol. The summed E-state index contributed by atoms with van der Waals surface area (Å²) < 4.78 is 23.7. The second kappa shape index (κ2) is 5.95. The molecule has 0 spiro atoms. The number of ether oxygens (including phenoxy) is 2. The first kappa shape index (κ1) is 15.0. The maximum atomic E-state index is 13.4. The van der Waals surface area contributed by atoms with E-state index < -0.39 is 0 Å². The summed E-state index contributed by atoms with van der Waals surface area (Å²) in [5.41, 5.74) is 2.14. The minimum Gasteiger partial charge on any atom is -0.497 e. The summed E-state index contributed by atoms with van der Waals surface area (Å²) in [6.07, 6.45) is 0. The van der Waals surface area contributed by atoms with E-state index in [0.29, 0.717) is 33.8 Å². The highest BCUT2D eigenvalue weighted by Gasteiger charge is 2.19. The summed E-state index contributed by atoms with van der Waals surface area (Å²) in [6, 6.07) is 7.72. The minimum absolute atomic E-state index is 0.190. The van der Waals surface area contributed by atoms with E-state index in [4.69, 9.17) is 9.47 Å². The molecule has 0 aromatic heterocycles. The van der Waals surface area contributed by atoms with Crippen LogP contribution >= 0.6 is 0 Å². The molecule has 3 nitrogen and oxygen atoms in total. The molecule has 2 rings (SSSR count). The van der Waals surface area contributed by atoms with E-state index >= 15 is 0 Å². The predicted molar refractivity (Wildman–Crippen MR) is 78.9 cm³/mol. The van der Waals surface area contributed by atoms with Gasteiger partial charge in [0.2, 0.25) is 0 Å². The highest BCUT2D eigenvalue weighted by Crippen LogP contribution is 2.28. The van der Waals surface area contributed by atoms with Crippen molar-refractivity contribution in [2.45, 2.75) is 13.8 Å². The lowest BCUT2D eigenvalue weighted by atomic mass is 9.94. The molecule has 0 heterocycles. The van der Waals surface area contributed by atoms with Crippen LogP contribution in [0.2, 0.25) is 0 Å². The maximum Gasteiger partial charge on any atom is 0.197 e. The van der Waals surface area contributed by atoms with Crippen molar-refractivity contribution < 1.29 is 18.7 Å². The second-order valence-electron chi connectivity index (χ2n) is 4.81. The van der Waals surface area contributed by atoms with Gasteiger partial charge in [0.15, 0.2) is 5.78 Å². The minimum atomic E-state index is -0.344. The molecule has 0 saturated carbocycles. The molecule has 4 heteroatoms. The van der Waals surface area contributed by atoms with Crippen molar-refractivity contribution in [1.82, 2.24) is 0 Å². The van der Waals surface area contributed by atoms with Gasteiger partial charge in [-0.1, -0.05) is 0 Å². The third-order valence-corrected chi connectivity index (χ3v) is 3.38. The van der Waals surface area contributed by atoms with Gasteiger partial charge in [0.05, 0.1) is 19.8 Å². The molecule has 0 saturated heterocycles. The van der Waals surface area contributed by atoms with Crippen LogP contribution in [0.4, 0.5) is 4.39 Å². The molecule has 0 fully saturated rings. The van der Waals surface area contributed by atoms with Gasteiger partial charge in [0.1, 0.15) is 17.3 Å². The number of rotatable bonds is 4. The van der Waals surface area contributed by atoms with E-state index in [1.54, 1.807) is 39.2 Å². The lowest BCUT2D eigenvalue weighted by molar-refractivity contribution is 0.103. The SMILES string of the molecule is COc1ccc(C(=O)c2c(C)cc(F)cc2C)c(OC)c1. The van der Waals surface area contributed by atoms with Crippen LogP contribution in [0.15, 0.2) is 30.3 Å². The van der Waals surface area contributed by atoms with Crippen LogP contribution in [0.3, 0.4) is 0 Å². The Labute approximate surface area is 123 Å². The summed E-state index contributed by atoms with van der Waals surface area (Å²) in [7, 11) is 3.04. The first-order valence-corrected chi connectivity index (χ1v) is 6.51. The Bertz CT molecular complexity index is 669. The highest BCUT2D eigenvalue weighted by atomic mass is 19.1. The standard InChI is InChI=1S/C17H17FO3/c1-10-7-12(18)8-11(2)16(10)17(19)14-6-5-13(20-3)9-15(14)21-4/h5-9H,1-4H3. The first-order valence-electron chi connectivity index (χ1n) is 6.51. The molecule has 21 heavy (non-hydrogen) atoms. The number of methoxy groups -OCH3 is 2. The molecule has 110 valence electrons. The molecule has 0 N–H and O–H groups in total. The molecule has 0 amide bonds. The molecule has 2 aromatic rings. The lowest BCUT2D eigenvalue weighted by Crippen LogP contribution is -2.08. The lowest BCUT2D eigenvalue weighted by Gasteiger charge is -2.13. The number of benzene rings is 2. The summed E-state index contributed by atoms with van der Waals surface area (Å²) >= 11 is 0. The summed E-state index contributed by atoms with van der Waals surface area (Å²) in [5.74, 6) is 0.506. The van der Waals surface area contributed by atoms with Crippen molar-refractivity contribution in [2.24, 2.45) is 0 Å². The Morgan fingerprint density at radius 2 is 1.62 bits per heavy atom. The zero-order chi connectivity index (χ0) is 15.6. The van der Waals surface area contributed by atoms with Crippen LogP contribution in [0.5, 0.6) is 11.5 Å². The van der Waals surface area contributed by atoms with E-state index in [1.165, 1.54) is 19.2 Å². The fraction of sp³-hybridized carbons (Fsp3) is 0.235. The molecular weight excluding hydrogens is 271 g/mol. The van der Waals surface area contributed by atoms with Crippen molar-refractivity contribution in [3.05, 3.63) is 58.4 Å². The molecule has 0 atom stereocenters. The largest absolute Gasteiger partial charge is 0.497 e. The Hall–Kier alpha value is -2.36. The second-order valence-corrected chi connectivity index (χ2v) is 4.81. The van der Waals surface area contributed by atoms with E-state index in [-0.39, 0.29) is 11.6 Å². The van der Waals surface area contributed by atoms with Crippen molar-refractivity contribution in [1.29, 1.82) is 0 Å². The predicted octanol–water partition coefficient (Wildman–Crippen LogP) is 3.69. The zero-order valence-corrected chi connectivity index (χ0v) is 12.5. The Kier molecular flexibility index (Phi) is 4.26. The van der Waals surface area contributed by atoms with Gasteiger partial charge in [0, 0.05) is 11.6 Å². The van der Waals surface area contributed by atoms with Crippen molar-refractivity contribution in [3.8, 4) is 11.5 Å². The van der Waals surface area contributed by atoms with Crippen molar-refractivity contribution in [3.63, 3.8) is 0 Å². The van der Waals surface area contributed by atoms with E-state index in [1.807, 2.05) is 0 Å². The number of hydrogen-bond acceptors (Lipinski definition) is 3. The molecule has 0 aliphatic rings. The van der Waals surface area contributed by atoms with Gasteiger partial charge >= 0.3 is 0 Å². The van der Waals surface area contributed by atoms with Gasteiger partial charge in [0.25, 0.3) is 0 Å². The quantitative estimate of drug-likeness (QED) is 0.805. The van der Waals surface area contributed by atoms with Gasteiger partial charge in [-0.2, -0.15) is 0 Å². The fourth-order valence-corrected chi connectivity index (χ4v) is 2.39. The van der Waals surface area contributed by atoms with Gasteiger partial charge < -0.3 is 9.47 Å². The topological polar surface area (TPSA) is 35.5 Å². The number of halogens is 1. The van der Waals surface area contributed by atoms with Crippen LogP contribution in [0.1, 0.15) is 27.0 Å². The van der Waals surface area contributed by atoms with Crippen LogP contribution in [-0.4, -0.2) is 20.0 Å². The van der Waals surface area contributed by atoms with Gasteiger partial charge in [-0.05, 0) is 49.2 Å². The van der Waals surface area contributed by atoms with Gasteiger partial charge in [-0.3, -0.25) is 4.79 Å². The normalized spacial score (nSPS) is 10.3. The maximum absolute atomic E-state index is 13.4. The van der Waals surface area contributed by atoms with E-state index in [0.717, 1.165) is 0 Å². The van der Waals surface area contributed by atoms with E-state index in [2.05, 4.69) is 0 Å². The van der Waals surface area contributed by atoms with Crippen LogP contribution in [0, 0.1) is 19.7 Å². The molecule has 2 aromatic carbocycles. The van der Waals surface area contributed by atoms with Crippen LogP contribution in [0.25, 0.3) is 0 Å². The molecular formula is C17H17FO3. The summed E-state index contributed by atoms with van der Waals surface area (Å²) in [4.78, 5) is 12.7. The van der Waals surface area contributed by atoms with Crippen molar-refractivity contribution >= 4 is 5.78 Å². The van der Waals surface area contributed by atoms with Crippen LogP contribution < -0.4 is 9.47 Å². The zero-order valence-electron chi connectivity index (χ0n) is 12.5. The van der Waals surface area contributed by atoms with E-state index in [9.17, 15) is 9.18 Å². The molecule has 0 aliphatic carbocycles. The third-order valence-electron chi connectivity index (χ3n) is 3.38. The Balaban J connectivity index is 2.55.